The normalized spacial score (nSPS) is 14.8. The highest BCUT2D eigenvalue weighted by atomic mass is 19.4. The quantitative estimate of drug-likeness (QED) is 0.842. The van der Waals surface area contributed by atoms with Crippen LogP contribution in [0.5, 0.6) is 0 Å². The molecular weight excluding hydrogens is 282 g/mol. The number of hydrogen-bond acceptors (Lipinski definition) is 1. The molecule has 21 heavy (non-hydrogen) atoms. The van der Waals surface area contributed by atoms with Crippen molar-refractivity contribution in [3.8, 4) is 0 Å². The fraction of sp³-hybridized carbons (Fsp3) is 0.250. The SMILES string of the molecule is CC(N)(Cc1ccccc1F)c1ccccc1C(F)(F)F. The second kappa shape index (κ2) is 5.48. The molecule has 5 heteroatoms. The lowest BCUT2D eigenvalue weighted by Crippen LogP contribution is -2.37. The molecule has 0 aromatic heterocycles. The van der Waals surface area contributed by atoms with Crippen LogP contribution < -0.4 is 5.73 Å². The second-order valence-electron chi connectivity index (χ2n) is 5.23. The maximum Gasteiger partial charge on any atom is 0.416 e. The van der Waals surface area contributed by atoms with Gasteiger partial charge in [0.15, 0.2) is 0 Å². The maximum absolute atomic E-state index is 13.7. The Hall–Kier alpha value is -1.88. The fourth-order valence-corrected chi connectivity index (χ4v) is 2.36. The Morgan fingerprint density at radius 2 is 1.43 bits per heavy atom. The minimum atomic E-state index is -4.49. The molecule has 2 N–H and O–H groups in total. The average Bonchev–Trinajstić information content (AvgIpc) is 2.40. The van der Waals surface area contributed by atoms with E-state index in [9.17, 15) is 17.6 Å². The lowest BCUT2D eigenvalue weighted by molar-refractivity contribution is -0.138. The molecule has 0 aliphatic carbocycles. The molecule has 1 atom stereocenters. The van der Waals surface area contributed by atoms with Crippen molar-refractivity contribution < 1.29 is 17.6 Å². The summed E-state index contributed by atoms with van der Waals surface area (Å²) in [6, 6.07) is 11.1. The first-order valence-corrected chi connectivity index (χ1v) is 6.41. The Labute approximate surface area is 120 Å². The van der Waals surface area contributed by atoms with Crippen LogP contribution in [0.2, 0.25) is 0 Å². The molecule has 2 aromatic rings. The highest BCUT2D eigenvalue weighted by Crippen LogP contribution is 2.37. The molecule has 0 fully saturated rings. The first kappa shape index (κ1) is 15.5. The molecule has 1 nitrogen and oxygen atoms in total. The van der Waals surface area contributed by atoms with Crippen LogP contribution in [-0.2, 0) is 18.1 Å². The zero-order valence-electron chi connectivity index (χ0n) is 11.4. The van der Waals surface area contributed by atoms with Gasteiger partial charge in [0.2, 0.25) is 0 Å². The number of rotatable bonds is 3. The van der Waals surface area contributed by atoms with E-state index in [2.05, 4.69) is 0 Å². The van der Waals surface area contributed by atoms with Crippen molar-refractivity contribution in [2.24, 2.45) is 5.73 Å². The highest BCUT2D eigenvalue weighted by molar-refractivity contribution is 5.37. The van der Waals surface area contributed by atoms with Gasteiger partial charge in [0.1, 0.15) is 5.82 Å². The summed E-state index contributed by atoms with van der Waals surface area (Å²) in [6.07, 6.45) is -4.51. The van der Waals surface area contributed by atoms with Crippen molar-refractivity contribution in [1.82, 2.24) is 0 Å². The molecule has 2 rings (SSSR count). The summed E-state index contributed by atoms with van der Waals surface area (Å²) in [4.78, 5) is 0. The Morgan fingerprint density at radius 3 is 2.00 bits per heavy atom. The van der Waals surface area contributed by atoms with E-state index in [4.69, 9.17) is 5.73 Å². The van der Waals surface area contributed by atoms with E-state index in [1.807, 2.05) is 0 Å². The van der Waals surface area contributed by atoms with E-state index in [0.717, 1.165) is 6.07 Å². The van der Waals surface area contributed by atoms with E-state index in [1.165, 1.54) is 43.3 Å². The van der Waals surface area contributed by atoms with E-state index < -0.39 is 23.1 Å². The Balaban J connectivity index is 2.43. The summed E-state index contributed by atoms with van der Waals surface area (Å²) in [5.74, 6) is -0.473. The van der Waals surface area contributed by atoms with Crippen LogP contribution in [0.15, 0.2) is 48.5 Å². The molecule has 0 bridgehead atoms. The predicted molar refractivity (Wildman–Crippen MR) is 73.1 cm³/mol. The van der Waals surface area contributed by atoms with E-state index >= 15 is 0 Å². The van der Waals surface area contributed by atoms with Crippen LogP contribution in [0.3, 0.4) is 0 Å². The summed E-state index contributed by atoms with van der Waals surface area (Å²) in [5.41, 5.74) is 4.21. The van der Waals surface area contributed by atoms with Gasteiger partial charge >= 0.3 is 6.18 Å². The Kier molecular flexibility index (Phi) is 4.05. The first-order valence-electron chi connectivity index (χ1n) is 6.41. The molecule has 0 aliphatic rings. The van der Waals surface area contributed by atoms with Crippen molar-refractivity contribution >= 4 is 0 Å². The third-order valence-electron chi connectivity index (χ3n) is 3.36. The van der Waals surface area contributed by atoms with Crippen molar-refractivity contribution in [2.45, 2.75) is 25.1 Å². The van der Waals surface area contributed by atoms with Gasteiger partial charge in [-0.1, -0.05) is 36.4 Å². The summed E-state index contributed by atoms with van der Waals surface area (Å²) >= 11 is 0. The molecule has 1 unspecified atom stereocenters. The lowest BCUT2D eigenvalue weighted by Gasteiger charge is -2.28. The van der Waals surface area contributed by atoms with E-state index in [0.29, 0.717) is 5.56 Å². The van der Waals surface area contributed by atoms with Gasteiger partial charge in [0.05, 0.1) is 5.56 Å². The van der Waals surface area contributed by atoms with Gasteiger partial charge in [-0.25, -0.2) is 4.39 Å². The number of halogens is 4. The molecule has 0 radical (unpaired) electrons. The largest absolute Gasteiger partial charge is 0.416 e. The molecule has 0 amide bonds. The molecule has 2 aromatic carbocycles. The van der Waals surface area contributed by atoms with Crippen molar-refractivity contribution in [3.05, 3.63) is 71.0 Å². The van der Waals surface area contributed by atoms with E-state index in [-0.39, 0.29) is 12.0 Å². The first-order chi connectivity index (χ1) is 9.72. The van der Waals surface area contributed by atoms with Gasteiger partial charge in [0.25, 0.3) is 0 Å². The third-order valence-corrected chi connectivity index (χ3v) is 3.36. The smallest absolute Gasteiger partial charge is 0.321 e. The van der Waals surface area contributed by atoms with Crippen molar-refractivity contribution in [2.75, 3.05) is 0 Å². The highest BCUT2D eigenvalue weighted by Gasteiger charge is 2.37. The van der Waals surface area contributed by atoms with Crippen LogP contribution in [0.4, 0.5) is 17.6 Å². The van der Waals surface area contributed by atoms with Gasteiger partial charge in [-0.15, -0.1) is 0 Å². The minimum Gasteiger partial charge on any atom is -0.321 e. The monoisotopic (exact) mass is 297 g/mol. The molecular formula is C16H15F4N. The van der Waals surface area contributed by atoms with Crippen LogP contribution in [0.25, 0.3) is 0 Å². The second-order valence-corrected chi connectivity index (χ2v) is 5.23. The average molecular weight is 297 g/mol. The number of nitrogens with two attached hydrogens (primary N) is 1. The van der Waals surface area contributed by atoms with Crippen LogP contribution >= 0.6 is 0 Å². The fourth-order valence-electron chi connectivity index (χ4n) is 2.36. The van der Waals surface area contributed by atoms with Gasteiger partial charge in [-0.3, -0.25) is 0 Å². The third kappa shape index (κ3) is 3.42. The zero-order valence-corrected chi connectivity index (χ0v) is 11.4. The van der Waals surface area contributed by atoms with Gasteiger partial charge in [-0.05, 0) is 36.6 Å². The molecule has 0 aliphatic heterocycles. The van der Waals surface area contributed by atoms with Gasteiger partial charge in [-0.2, -0.15) is 13.2 Å². The van der Waals surface area contributed by atoms with E-state index in [1.54, 1.807) is 6.07 Å². The van der Waals surface area contributed by atoms with Crippen LogP contribution in [-0.4, -0.2) is 0 Å². The molecule has 0 heterocycles. The maximum atomic E-state index is 13.7. The molecule has 112 valence electrons. The lowest BCUT2D eigenvalue weighted by atomic mass is 9.83. The summed E-state index contributed by atoms with van der Waals surface area (Å²) < 4.78 is 52.9. The zero-order chi connectivity index (χ0) is 15.7. The van der Waals surface area contributed by atoms with Crippen molar-refractivity contribution in [1.29, 1.82) is 0 Å². The Morgan fingerprint density at radius 1 is 0.905 bits per heavy atom. The molecule has 0 saturated heterocycles. The standard InChI is InChI=1S/C16H15F4N/c1-15(21,10-11-6-2-5-9-14(11)17)12-7-3-4-8-13(12)16(18,19)20/h2-9H,10,21H2,1H3. The number of hydrogen-bond donors (Lipinski definition) is 1. The van der Waals surface area contributed by atoms with Crippen molar-refractivity contribution in [3.63, 3.8) is 0 Å². The van der Waals surface area contributed by atoms with Crippen LogP contribution in [0.1, 0.15) is 23.6 Å². The summed E-state index contributed by atoms with van der Waals surface area (Å²) in [6.45, 7) is 1.48. The predicted octanol–water partition coefficient (Wildman–Crippen LogP) is 4.26. The number of alkyl halides is 3. The van der Waals surface area contributed by atoms with Gasteiger partial charge in [0, 0.05) is 5.54 Å². The van der Waals surface area contributed by atoms with Gasteiger partial charge < -0.3 is 5.73 Å². The summed E-state index contributed by atoms with van der Waals surface area (Å²) in [5, 5.41) is 0. The minimum absolute atomic E-state index is 0.0211. The molecule has 0 saturated carbocycles. The Bertz CT molecular complexity index is 632. The summed E-state index contributed by atoms with van der Waals surface area (Å²) in [7, 11) is 0. The van der Waals surface area contributed by atoms with Crippen LogP contribution in [0, 0.1) is 5.82 Å². The topological polar surface area (TPSA) is 26.0 Å². The number of benzene rings is 2. The molecule has 0 spiro atoms.